The molecule has 0 aliphatic rings. The molecule has 0 radical (unpaired) electrons. The number of thioether (sulfide) groups is 1. The molecule has 1 amide bonds. The molecule has 0 saturated carbocycles. The summed E-state index contributed by atoms with van der Waals surface area (Å²) in [7, 11) is 0. The van der Waals surface area contributed by atoms with Crippen LogP contribution in [0.5, 0.6) is 0 Å². The molecule has 0 saturated heterocycles. The molecule has 1 aromatic heterocycles. The second kappa shape index (κ2) is 10.1. The van der Waals surface area contributed by atoms with E-state index in [0.717, 1.165) is 22.2 Å². The first-order valence-corrected chi connectivity index (χ1v) is 10.7. The molecule has 150 valence electrons. The molecule has 0 aliphatic heterocycles. The molecule has 0 spiro atoms. The van der Waals surface area contributed by atoms with E-state index in [2.05, 4.69) is 48.1 Å². The van der Waals surface area contributed by atoms with Crippen LogP contribution in [0, 0.1) is 0 Å². The normalized spacial score (nSPS) is 10.9. The summed E-state index contributed by atoms with van der Waals surface area (Å²) in [4.78, 5) is 12.5. The van der Waals surface area contributed by atoms with Crippen molar-refractivity contribution in [3.63, 3.8) is 0 Å². The van der Waals surface area contributed by atoms with E-state index in [1.54, 1.807) is 0 Å². The summed E-state index contributed by atoms with van der Waals surface area (Å²) in [5.74, 6) is 1.42. The molecule has 1 heterocycles. The summed E-state index contributed by atoms with van der Waals surface area (Å²) < 4.78 is 2.01. The maximum atomic E-state index is 12.5. The number of amides is 1. The second-order valence-corrected chi connectivity index (χ2v) is 7.98. The number of hydrogen-bond donors (Lipinski definition) is 1. The van der Waals surface area contributed by atoms with Crippen molar-refractivity contribution in [3.8, 4) is 0 Å². The van der Waals surface area contributed by atoms with Gasteiger partial charge in [0, 0.05) is 18.7 Å². The van der Waals surface area contributed by atoms with Gasteiger partial charge in [-0.15, -0.1) is 16.8 Å². The number of hydrogen-bond acceptors (Lipinski definition) is 4. The highest BCUT2D eigenvalue weighted by Gasteiger charge is 2.15. The van der Waals surface area contributed by atoms with Crippen molar-refractivity contribution in [2.75, 3.05) is 11.1 Å². The van der Waals surface area contributed by atoms with Crippen LogP contribution in [-0.4, -0.2) is 26.4 Å². The fourth-order valence-corrected chi connectivity index (χ4v) is 3.84. The fourth-order valence-electron chi connectivity index (χ4n) is 3.08. The summed E-state index contributed by atoms with van der Waals surface area (Å²) >= 11 is 1.39. The Morgan fingerprint density at radius 3 is 2.59 bits per heavy atom. The van der Waals surface area contributed by atoms with Gasteiger partial charge in [-0.1, -0.05) is 80.2 Å². The van der Waals surface area contributed by atoms with Gasteiger partial charge in [-0.05, 0) is 23.1 Å². The molecule has 0 atom stereocenters. The quantitative estimate of drug-likeness (QED) is 0.405. The van der Waals surface area contributed by atoms with Crippen LogP contribution < -0.4 is 5.32 Å². The first-order valence-electron chi connectivity index (χ1n) is 9.67. The van der Waals surface area contributed by atoms with Crippen LogP contribution in [0.2, 0.25) is 0 Å². The van der Waals surface area contributed by atoms with Crippen LogP contribution in [0.15, 0.2) is 72.4 Å². The van der Waals surface area contributed by atoms with Gasteiger partial charge in [-0.2, -0.15) is 0 Å². The van der Waals surface area contributed by atoms with Crippen LogP contribution >= 0.6 is 11.8 Å². The Bertz CT molecular complexity index is 966. The van der Waals surface area contributed by atoms with E-state index in [4.69, 9.17) is 0 Å². The molecule has 0 aliphatic carbocycles. The molecule has 6 heteroatoms. The minimum atomic E-state index is -0.0548. The van der Waals surface area contributed by atoms with E-state index in [1.807, 2.05) is 53.1 Å². The van der Waals surface area contributed by atoms with Gasteiger partial charge < -0.3 is 9.88 Å². The number of benzene rings is 2. The lowest BCUT2D eigenvalue weighted by Crippen LogP contribution is -2.16. The van der Waals surface area contributed by atoms with Crippen molar-refractivity contribution in [3.05, 3.63) is 84.2 Å². The number of anilines is 1. The Kier molecular flexibility index (Phi) is 7.25. The molecule has 2 aromatic carbocycles. The predicted octanol–water partition coefficient (Wildman–Crippen LogP) is 4.91. The van der Waals surface area contributed by atoms with Gasteiger partial charge in [0.15, 0.2) is 5.16 Å². The molecule has 1 N–H and O–H groups in total. The SMILES string of the molecule is C=CCn1c(Cc2ccccc2)nnc1SCC(=O)Nc1ccccc1C(C)C. The van der Waals surface area contributed by atoms with E-state index < -0.39 is 0 Å². The van der Waals surface area contributed by atoms with Gasteiger partial charge in [-0.3, -0.25) is 4.79 Å². The number of carbonyl (C=O) groups excluding carboxylic acids is 1. The second-order valence-electron chi connectivity index (χ2n) is 7.04. The molecule has 3 aromatic rings. The maximum Gasteiger partial charge on any atom is 0.234 e. The summed E-state index contributed by atoms with van der Waals surface area (Å²) in [5.41, 5.74) is 3.17. The van der Waals surface area contributed by atoms with Gasteiger partial charge in [-0.25, -0.2) is 0 Å². The number of rotatable bonds is 9. The monoisotopic (exact) mass is 406 g/mol. The molecule has 29 heavy (non-hydrogen) atoms. The smallest absolute Gasteiger partial charge is 0.234 e. The standard InChI is InChI=1S/C23H26N4OS/c1-4-14-27-21(15-18-10-6-5-7-11-18)25-26-23(27)29-16-22(28)24-20-13-9-8-12-19(20)17(2)3/h4-13,17H,1,14-16H2,2-3H3,(H,24,28). The summed E-state index contributed by atoms with van der Waals surface area (Å²) in [6.45, 7) is 8.68. The maximum absolute atomic E-state index is 12.5. The molecular weight excluding hydrogens is 380 g/mol. The average molecular weight is 407 g/mol. The minimum Gasteiger partial charge on any atom is -0.325 e. The van der Waals surface area contributed by atoms with E-state index >= 15 is 0 Å². The topological polar surface area (TPSA) is 59.8 Å². The number of carbonyl (C=O) groups is 1. The lowest BCUT2D eigenvalue weighted by molar-refractivity contribution is -0.113. The van der Waals surface area contributed by atoms with Crippen LogP contribution in [0.4, 0.5) is 5.69 Å². The highest BCUT2D eigenvalue weighted by Crippen LogP contribution is 2.24. The van der Waals surface area contributed by atoms with Crippen molar-refractivity contribution in [2.24, 2.45) is 0 Å². The Labute approximate surface area is 176 Å². The zero-order chi connectivity index (χ0) is 20.6. The highest BCUT2D eigenvalue weighted by atomic mass is 32.2. The largest absolute Gasteiger partial charge is 0.325 e. The number of allylic oxidation sites excluding steroid dienone is 1. The summed E-state index contributed by atoms with van der Waals surface area (Å²) in [6.07, 6.45) is 2.51. The third-order valence-corrected chi connectivity index (χ3v) is 5.47. The number of para-hydroxylation sites is 1. The Morgan fingerprint density at radius 1 is 1.14 bits per heavy atom. The average Bonchev–Trinajstić information content (AvgIpc) is 3.09. The molecule has 0 bridgehead atoms. The lowest BCUT2D eigenvalue weighted by atomic mass is 10.0. The van der Waals surface area contributed by atoms with E-state index in [9.17, 15) is 4.79 Å². The molecule has 3 rings (SSSR count). The number of nitrogens with zero attached hydrogens (tertiary/aromatic N) is 3. The van der Waals surface area contributed by atoms with Crippen molar-refractivity contribution < 1.29 is 4.79 Å². The van der Waals surface area contributed by atoms with Gasteiger partial charge >= 0.3 is 0 Å². The fraction of sp³-hybridized carbons (Fsp3) is 0.261. The van der Waals surface area contributed by atoms with Crippen molar-refractivity contribution >= 4 is 23.4 Å². The number of aromatic nitrogens is 3. The predicted molar refractivity (Wildman–Crippen MR) is 119 cm³/mol. The molecule has 5 nitrogen and oxygen atoms in total. The van der Waals surface area contributed by atoms with Gasteiger partial charge in [0.25, 0.3) is 0 Å². The third-order valence-electron chi connectivity index (χ3n) is 4.50. The number of nitrogens with one attached hydrogen (secondary N) is 1. The molecule has 0 unspecified atom stereocenters. The minimum absolute atomic E-state index is 0.0548. The van der Waals surface area contributed by atoms with Gasteiger partial charge in [0.1, 0.15) is 5.82 Å². The zero-order valence-corrected chi connectivity index (χ0v) is 17.7. The van der Waals surface area contributed by atoms with Crippen LogP contribution in [0.25, 0.3) is 0 Å². The van der Waals surface area contributed by atoms with Crippen LogP contribution in [0.1, 0.15) is 36.7 Å². The van der Waals surface area contributed by atoms with E-state index in [0.29, 0.717) is 18.9 Å². The third kappa shape index (κ3) is 5.57. The van der Waals surface area contributed by atoms with Crippen LogP contribution in [-0.2, 0) is 17.8 Å². The molecular formula is C23H26N4OS. The van der Waals surface area contributed by atoms with Crippen molar-refractivity contribution in [2.45, 2.75) is 37.9 Å². The Balaban J connectivity index is 1.67. The van der Waals surface area contributed by atoms with E-state index in [-0.39, 0.29) is 11.7 Å². The molecule has 0 fully saturated rings. The van der Waals surface area contributed by atoms with Crippen molar-refractivity contribution in [1.29, 1.82) is 0 Å². The van der Waals surface area contributed by atoms with Gasteiger partial charge in [0.2, 0.25) is 5.91 Å². The first-order chi connectivity index (χ1) is 14.1. The summed E-state index contributed by atoms with van der Waals surface area (Å²) in [5, 5.41) is 12.4. The van der Waals surface area contributed by atoms with Crippen LogP contribution in [0.3, 0.4) is 0 Å². The highest BCUT2D eigenvalue weighted by molar-refractivity contribution is 7.99. The van der Waals surface area contributed by atoms with Gasteiger partial charge in [0.05, 0.1) is 5.75 Å². The summed E-state index contributed by atoms with van der Waals surface area (Å²) in [6, 6.07) is 18.1. The zero-order valence-electron chi connectivity index (χ0n) is 16.8. The lowest BCUT2D eigenvalue weighted by Gasteiger charge is -2.13. The first kappa shape index (κ1) is 20.9. The Morgan fingerprint density at radius 2 is 1.86 bits per heavy atom. The van der Waals surface area contributed by atoms with E-state index in [1.165, 1.54) is 17.3 Å². The van der Waals surface area contributed by atoms with Crippen molar-refractivity contribution in [1.82, 2.24) is 14.8 Å². The Hall–Kier alpha value is -2.86.